The van der Waals surface area contributed by atoms with E-state index in [0.717, 1.165) is 46.7 Å². The van der Waals surface area contributed by atoms with Crippen LogP contribution < -0.4 is 19.7 Å². The van der Waals surface area contributed by atoms with Crippen molar-refractivity contribution in [2.24, 2.45) is 5.92 Å². The van der Waals surface area contributed by atoms with E-state index < -0.39 is 19.8 Å². The van der Waals surface area contributed by atoms with Gasteiger partial charge in [-0.2, -0.15) is 0 Å². The van der Waals surface area contributed by atoms with Gasteiger partial charge in [0.1, 0.15) is 5.75 Å². The number of methoxy groups -OCH3 is 1. The molecular weight excluding hydrogens is 779 g/mol. The van der Waals surface area contributed by atoms with Crippen LogP contribution in [0, 0.1) is 5.92 Å². The zero-order chi connectivity index (χ0) is 43.5. The minimum absolute atomic E-state index is 0.000907. The summed E-state index contributed by atoms with van der Waals surface area (Å²) in [6, 6.07) is 31.9. The minimum atomic E-state index is -2.59. The van der Waals surface area contributed by atoms with E-state index in [-0.39, 0.29) is 48.8 Å². The Morgan fingerprint density at radius 2 is 1.66 bits per heavy atom. The van der Waals surface area contributed by atoms with Gasteiger partial charge in [0.25, 0.3) is 5.91 Å². The van der Waals surface area contributed by atoms with Crippen molar-refractivity contribution in [3.63, 3.8) is 0 Å². The van der Waals surface area contributed by atoms with Crippen molar-refractivity contribution in [1.82, 2.24) is 4.90 Å². The van der Waals surface area contributed by atoms with Crippen LogP contribution >= 0.6 is 0 Å². The molecule has 1 N–H and O–H groups in total. The lowest BCUT2D eigenvalue weighted by Crippen LogP contribution is -2.52. The zero-order valence-electron chi connectivity index (χ0n) is 36.8. The number of amides is 3. The van der Waals surface area contributed by atoms with Gasteiger partial charge in [0.15, 0.2) is 5.60 Å². The lowest BCUT2D eigenvalue weighted by molar-refractivity contribution is -0.149. The first-order valence-electron chi connectivity index (χ1n) is 21.7. The second-order valence-corrected chi connectivity index (χ2v) is 22.4. The topological polar surface area (TPSA) is 99.6 Å². The molecule has 1 saturated heterocycles. The molecule has 4 aromatic rings. The number of aliphatic hydroxyl groups excluding tert-OH is 1. The summed E-state index contributed by atoms with van der Waals surface area (Å²) in [6.07, 6.45) is 6.66. The van der Waals surface area contributed by atoms with Crippen LogP contribution in [-0.4, -0.2) is 68.7 Å². The highest BCUT2D eigenvalue weighted by molar-refractivity contribution is 6.91. The monoisotopic (exact) mass is 839 g/mol. The number of nitrogens with zero attached hydrogens (tertiary/aromatic N) is 3. The molecule has 3 aliphatic rings. The Morgan fingerprint density at radius 1 is 0.934 bits per heavy atom. The SMILES string of the molecule is COc1ccc([Si](C)(C)[C@@H]2[C@@H](CC(=O)N(CCO)Cc3ccccc3)O[C@]3(C(=O)N(C/C=C(\C)CCC=C(C)C)c4ccc(N5C(=O)CCc6ccccc65)cc43)[C@H]2C)cc1. The van der Waals surface area contributed by atoms with E-state index in [9.17, 15) is 14.7 Å². The molecule has 9 nitrogen and oxygen atoms in total. The normalized spacial score (nSPS) is 21.1. The average molecular weight is 840 g/mol. The van der Waals surface area contributed by atoms with E-state index in [1.807, 2.05) is 83.8 Å². The molecule has 0 aliphatic carbocycles. The number of carbonyl (C=O) groups excluding carboxylic acids is 3. The largest absolute Gasteiger partial charge is 0.497 e. The van der Waals surface area contributed by atoms with Gasteiger partial charge >= 0.3 is 0 Å². The number of aliphatic hydroxyl groups is 1. The van der Waals surface area contributed by atoms with Gasteiger partial charge in [-0.15, -0.1) is 0 Å². The molecule has 0 aromatic heterocycles. The third kappa shape index (κ3) is 8.63. The molecule has 320 valence electrons. The second kappa shape index (κ2) is 18.4. The van der Waals surface area contributed by atoms with Gasteiger partial charge in [-0.3, -0.25) is 19.3 Å². The summed E-state index contributed by atoms with van der Waals surface area (Å²) in [6.45, 7) is 13.8. The second-order valence-electron chi connectivity index (χ2n) is 17.7. The Morgan fingerprint density at radius 3 is 2.36 bits per heavy atom. The maximum Gasteiger partial charge on any atom is 0.264 e. The van der Waals surface area contributed by atoms with Crippen LogP contribution in [0.1, 0.15) is 70.1 Å². The average Bonchev–Trinajstić information content (AvgIpc) is 3.68. The zero-order valence-corrected chi connectivity index (χ0v) is 37.8. The minimum Gasteiger partial charge on any atom is -0.497 e. The molecule has 61 heavy (non-hydrogen) atoms. The Balaban J connectivity index is 1.35. The number of aryl methyl sites for hydroxylation is 1. The van der Waals surface area contributed by atoms with Crippen LogP contribution in [0.5, 0.6) is 5.75 Å². The molecule has 0 saturated carbocycles. The number of hydrogen-bond donors (Lipinski definition) is 1. The Bertz CT molecular complexity index is 2300. The summed E-state index contributed by atoms with van der Waals surface area (Å²) in [4.78, 5) is 49.4. The molecule has 4 atom stereocenters. The summed E-state index contributed by atoms with van der Waals surface area (Å²) in [5.41, 5.74) is 5.94. The van der Waals surface area contributed by atoms with Gasteiger partial charge < -0.3 is 24.4 Å². The maximum absolute atomic E-state index is 15.6. The quantitative estimate of drug-likeness (QED) is 0.0949. The van der Waals surface area contributed by atoms with Crippen LogP contribution in [0.15, 0.2) is 120 Å². The van der Waals surface area contributed by atoms with Gasteiger partial charge in [0.2, 0.25) is 11.8 Å². The highest BCUT2D eigenvalue weighted by Crippen LogP contribution is 2.60. The van der Waals surface area contributed by atoms with E-state index in [1.165, 1.54) is 16.3 Å². The van der Waals surface area contributed by atoms with Gasteiger partial charge in [-0.25, -0.2) is 0 Å². The molecule has 3 aliphatic heterocycles. The molecule has 3 amide bonds. The van der Waals surface area contributed by atoms with Gasteiger partial charge in [-0.1, -0.05) is 109 Å². The lowest BCUT2D eigenvalue weighted by Gasteiger charge is -2.37. The van der Waals surface area contributed by atoms with Crippen molar-refractivity contribution in [1.29, 1.82) is 0 Å². The van der Waals surface area contributed by atoms with Crippen molar-refractivity contribution in [2.45, 2.75) is 96.7 Å². The van der Waals surface area contributed by atoms with Crippen LogP contribution in [0.2, 0.25) is 18.6 Å². The van der Waals surface area contributed by atoms with E-state index in [0.29, 0.717) is 31.6 Å². The summed E-state index contributed by atoms with van der Waals surface area (Å²) in [7, 11) is -0.932. The molecule has 7 rings (SSSR count). The first-order chi connectivity index (χ1) is 29.3. The highest BCUT2D eigenvalue weighted by Gasteiger charge is 2.66. The number of ether oxygens (including phenoxy) is 2. The third-order valence-electron chi connectivity index (χ3n) is 13.2. The smallest absolute Gasteiger partial charge is 0.264 e. The molecule has 10 heteroatoms. The Hall–Kier alpha value is -5.29. The highest BCUT2D eigenvalue weighted by atomic mass is 28.3. The standard InChI is InChI=1S/C51H61N3O6Si/c1-35(2)14-13-15-36(3)28-29-53-45-26-21-40(54-44-19-12-11-18-39(44)20-27-47(54)56)32-43(45)51(50(53)58)37(4)49(61(6,7)42-24-22-41(59-5)23-25-42)46(60-51)33-48(57)52(30-31-55)34-38-16-9-8-10-17-38/h8-12,14,16-19,21-26,28,32,37,46,49,55H,13,15,20,27,29-31,33-34H2,1-7H3/b36-28+/t37-,46+,49-,51+/m0/s1. The van der Waals surface area contributed by atoms with Crippen LogP contribution in [-0.2, 0) is 37.7 Å². The Labute approximate surface area is 362 Å². The summed E-state index contributed by atoms with van der Waals surface area (Å²) < 4.78 is 13.0. The predicted octanol–water partition coefficient (Wildman–Crippen LogP) is 8.97. The number of rotatable bonds is 15. The van der Waals surface area contributed by atoms with Crippen LogP contribution in [0.3, 0.4) is 0 Å². The molecule has 1 spiro atoms. The summed E-state index contributed by atoms with van der Waals surface area (Å²) in [5, 5.41) is 11.3. The molecule has 0 radical (unpaired) electrons. The number of anilines is 3. The van der Waals surface area contributed by atoms with Gasteiger partial charge in [0.05, 0.1) is 45.7 Å². The molecule has 1 fully saturated rings. The number of benzene rings is 4. The van der Waals surface area contributed by atoms with E-state index in [2.05, 4.69) is 71.1 Å². The van der Waals surface area contributed by atoms with Gasteiger partial charge in [0, 0.05) is 43.2 Å². The van der Waals surface area contributed by atoms with Crippen molar-refractivity contribution >= 4 is 48.0 Å². The summed E-state index contributed by atoms with van der Waals surface area (Å²) in [5.74, 6) is 0.114. The molecule has 0 bridgehead atoms. The molecule has 4 aromatic carbocycles. The van der Waals surface area contributed by atoms with E-state index >= 15 is 4.79 Å². The number of carbonyl (C=O) groups is 3. The number of allylic oxidation sites excluding steroid dienone is 3. The van der Waals surface area contributed by atoms with Crippen molar-refractivity contribution in [3.05, 3.63) is 137 Å². The van der Waals surface area contributed by atoms with Crippen molar-refractivity contribution in [3.8, 4) is 5.75 Å². The number of para-hydroxylation sites is 1. The van der Waals surface area contributed by atoms with E-state index in [1.54, 1.807) is 16.9 Å². The molecule has 3 heterocycles. The maximum atomic E-state index is 15.6. The van der Waals surface area contributed by atoms with Crippen molar-refractivity contribution in [2.75, 3.05) is 36.6 Å². The van der Waals surface area contributed by atoms with Crippen LogP contribution in [0.25, 0.3) is 0 Å². The van der Waals surface area contributed by atoms with Crippen molar-refractivity contribution < 1.29 is 29.0 Å². The Kier molecular flexibility index (Phi) is 13.2. The first kappa shape index (κ1) is 43.8. The summed E-state index contributed by atoms with van der Waals surface area (Å²) >= 11 is 0. The van der Waals surface area contributed by atoms with Gasteiger partial charge in [-0.05, 0) is 93.1 Å². The fourth-order valence-corrected chi connectivity index (χ4v) is 14.0. The molecular formula is C51H61N3O6Si. The molecule has 0 unspecified atom stereocenters. The first-order valence-corrected chi connectivity index (χ1v) is 24.8. The fraction of sp³-hybridized carbons (Fsp3) is 0.392. The van der Waals surface area contributed by atoms with E-state index in [4.69, 9.17) is 9.47 Å². The fourth-order valence-electron chi connectivity index (χ4n) is 9.99. The number of fused-ring (bicyclic) bond motifs is 3. The third-order valence-corrected chi connectivity index (χ3v) is 17.6. The number of hydrogen-bond acceptors (Lipinski definition) is 6. The lowest BCUT2D eigenvalue weighted by atomic mass is 9.82. The van der Waals surface area contributed by atoms with Crippen LogP contribution in [0.4, 0.5) is 17.1 Å². The predicted molar refractivity (Wildman–Crippen MR) is 246 cm³/mol.